The molecule has 3 aromatic rings. The number of carbonyl (C=O) groups is 1. The number of benzene rings is 3. The van der Waals surface area contributed by atoms with Gasteiger partial charge < -0.3 is 19.3 Å². The zero-order valence-electron chi connectivity index (χ0n) is 18.5. The zero-order valence-corrected chi connectivity index (χ0v) is 18.5. The first-order chi connectivity index (χ1) is 16.0. The Bertz CT molecular complexity index is 1230. The van der Waals surface area contributed by atoms with Crippen LogP contribution in [0.3, 0.4) is 0 Å². The minimum absolute atomic E-state index is 0.0554. The summed E-state index contributed by atoms with van der Waals surface area (Å²) < 4.78 is 24.9. The lowest BCUT2D eigenvalue weighted by molar-refractivity contribution is 0.0581. The number of para-hydroxylation sites is 2. The number of amidine groups is 1. The van der Waals surface area contributed by atoms with Gasteiger partial charge in [-0.05, 0) is 55.5 Å². The van der Waals surface area contributed by atoms with E-state index in [1.54, 1.807) is 7.11 Å². The van der Waals surface area contributed by atoms with Crippen LogP contribution in [0, 0.1) is 5.82 Å². The molecule has 0 N–H and O–H groups in total. The Morgan fingerprint density at radius 3 is 2.61 bits per heavy atom. The SMILES string of the molecule is COc1ccc2c(c1)Oc1ccccc1N=C2N1CCN(C(=O)c2ccc(F)cc2)C(C)C1. The second-order valence-corrected chi connectivity index (χ2v) is 8.17. The summed E-state index contributed by atoms with van der Waals surface area (Å²) in [6, 6.07) is 19.0. The van der Waals surface area contributed by atoms with Crippen molar-refractivity contribution in [3.8, 4) is 17.2 Å². The Hall–Kier alpha value is -3.87. The molecule has 3 aromatic carbocycles. The van der Waals surface area contributed by atoms with Gasteiger partial charge in [0.2, 0.25) is 0 Å². The topological polar surface area (TPSA) is 54.4 Å². The quantitative estimate of drug-likeness (QED) is 0.565. The fourth-order valence-electron chi connectivity index (χ4n) is 4.28. The molecular formula is C26H24FN3O3. The largest absolute Gasteiger partial charge is 0.497 e. The van der Waals surface area contributed by atoms with Gasteiger partial charge in [0.1, 0.15) is 28.8 Å². The Morgan fingerprint density at radius 2 is 1.85 bits per heavy atom. The third kappa shape index (κ3) is 4.02. The molecule has 1 atom stereocenters. The number of hydrogen-bond acceptors (Lipinski definition) is 5. The predicted molar refractivity (Wildman–Crippen MR) is 124 cm³/mol. The first kappa shape index (κ1) is 21.0. The van der Waals surface area contributed by atoms with E-state index in [4.69, 9.17) is 14.5 Å². The average molecular weight is 445 g/mol. The molecule has 2 aliphatic heterocycles. The summed E-state index contributed by atoms with van der Waals surface area (Å²) in [7, 11) is 1.63. The monoisotopic (exact) mass is 445 g/mol. The van der Waals surface area contributed by atoms with Crippen LogP contribution in [-0.4, -0.2) is 54.3 Å². The van der Waals surface area contributed by atoms with Crippen LogP contribution in [0.4, 0.5) is 10.1 Å². The maximum absolute atomic E-state index is 13.3. The maximum Gasteiger partial charge on any atom is 0.254 e. The highest BCUT2D eigenvalue weighted by Crippen LogP contribution is 2.39. The zero-order chi connectivity index (χ0) is 22.9. The molecule has 7 heteroatoms. The van der Waals surface area contributed by atoms with Crippen LogP contribution in [0.1, 0.15) is 22.8 Å². The summed E-state index contributed by atoms with van der Waals surface area (Å²) in [5.41, 5.74) is 2.11. The number of fused-ring (bicyclic) bond motifs is 2. The lowest BCUT2D eigenvalue weighted by atomic mass is 10.1. The van der Waals surface area contributed by atoms with Crippen LogP contribution < -0.4 is 9.47 Å². The Balaban J connectivity index is 1.45. The van der Waals surface area contributed by atoms with Crippen LogP contribution in [0.2, 0.25) is 0 Å². The molecule has 0 saturated carbocycles. The number of rotatable bonds is 2. The highest BCUT2D eigenvalue weighted by molar-refractivity contribution is 6.04. The minimum atomic E-state index is -0.353. The second-order valence-electron chi connectivity index (χ2n) is 8.17. The molecule has 2 aliphatic rings. The molecule has 0 bridgehead atoms. The van der Waals surface area contributed by atoms with Gasteiger partial charge in [0.05, 0.1) is 12.7 Å². The second kappa shape index (κ2) is 8.58. The van der Waals surface area contributed by atoms with Gasteiger partial charge in [-0.3, -0.25) is 4.79 Å². The fraction of sp³-hybridized carbons (Fsp3) is 0.231. The van der Waals surface area contributed by atoms with Gasteiger partial charge in [-0.2, -0.15) is 0 Å². The van der Waals surface area contributed by atoms with Gasteiger partial charge in [0.25, 0.3) is 5.91 Å². The molecule has 168 valence electrons. The van der Waals surface area contributed by atoms with E-state index in [0.29, 0.717) is 42.4 Å². The van der Waals surface area contributed by atoms with E-state index in [-0.39, 0.29) is 17.8 Å². The Morgan fingerprint density at radius 1 is 1.06 bits per heavy atom. The maximum atomic E-state index is 13.3. The standard InChI is InChI=1S/C26H24FN3O3/c1-17-16-29(13-14-30(17)26(31)18-7-9-19(27)10-8-18)25-21-12-11-20(32-2)15-24(21)33-23-6-4-3-5-22(23)28-25/h3-12,15,17H,13-14,16H2,1-2H3. The molecule has 1 fully saturated rings. The number of nitrogens with zero attached hydrogens (tertiary/aromatic N) is 3. The highest BCUT2D eigenvalue weighted by Gasteiger charge is 2.32. The molecule has 5 rings (SSSR count). The van der Waals surface area contributed by atoms with Crippen LogP contribution in [0.5, 0.6) is 17.2 Å². The summed E-state index contributed by atoms with van der Waals surface area (Å²) in [5, 5.41) is 0. The van der Waals surface area contributed by atoms with Gasteiger partial charge in [-0.25, -0.2) is 9.38 Å². The smallest absolute Gasteiger partial charge is 0.254 e. The van der Waals surface area contributed by atoms with E-state index < -0.39 is 0 Å². The lowest BCUT2D eigenvalue weighted by Gasteiger charge is -2.41. The average Bonchev–Trinajstić information content (AvgIpc) is 3.00. The number of aliphatic imine (C=N–C) groups is 1. The number of carbonyl (C=O) groups excluding carboxylic acids is 1. The van der Waals surface area contributed by atoms with Gasteiger partial charge >= 0.3 is 0 Å². The minimum Gasteiger partial charge on any atom is -0.497 e. The third-order valence-electron chi connectivity index (χ3n) is 6.02. The van der Waals surface area contributed by atoms with Crippen molar-refractivity contribution in [1.82, 2.24) is 9.80 Å². The summed E-state index contributed by atoms with van der Waals surface area (Å²) in [5.74, 6) is 2.42. The van der Waals surface area contributed by atoms with Gasteiger partial charge in [-0.1, -0.05) is 12.1 Å². The fourth-order valence-corrected chi connectivity index (χ4v) is 4.28. The number of ether oxygens (including phenoxy) is 2. The molecule has 0 radical (unpaired) electrons. The molecule has 0 aromatic heterocycles. The van der Waals surface area contributed by atoms with E-state index in [2.05, 4.69) is 4.90 Å². The molecule has 0 spiro atoms. The Kier molecular flexibility index (Phi) is 5.46. The van der Waals surface area contributed by atoms with Gasteiger partial charge in [0, 0.05) is 37.3 Å². The van der Waals surface area contributed by atoms with E-state index >= 15 is 0 Å². The molecular weight excluding hydrogens is 421 g/mol. The van der Waals surface area contributed by atoms with Crippen molar-refractivity contribution in [2.75, 3.05) is 26.7 Å². The summed E-state index contributed by atoms with van der Waals surface area (Å²) in [6.45, 7) is 3.78. The number of halogens is 1. The van der Waals surface area contributed by atoms with Crippen molar-refractivity contribution in [2.45, 2.75) is 13.0 Å². The lowest BCUT2D eigenvalue weighted by Crippen LogP contribution is -2.55. The summed E-state index contributed by atoms with van der Waals surface area (Å²) in [4.78, 5) is 22.0. The van der Waals surface area contributed by atoms with Crippen molar-refractivity contribution in [3.05, 3.63) is 83.7 Å². The number of hydrogen-bond donors (Lipinski definition) is 0. The summed E-state index contributed by atoms with van der Waals surface area (Å²) in [6.07, 6.45) is 0. The first-order valence-corrected chi connectivity index (χ1v) is 10.9. The predicted octanol–water partition coefficient (Wildman–Crippen LogP) is 4.86. The van der Waals surface area contributed by atoms with Crippen LogP contribution >= 0.6 is 0 Å². The van der Waals surface area contributed by atoms with Gasteiger partial charge in [0.15, 0.2) is 5.75 Å². The molecule has 33 heavy (non-hydrogen) atoms. The van der Waals surface area contributed by atoms with Gasteiger partial charge in [-0.15, -0.1) is 0 Å². The van der Waals surface area contributed by atoms with E-state index in [9.17, 15) is 9.18 Å². The van der Waals surface area contributed by atoms with Crippen LogP contribution in [0.25, 0.3) is 0 Å². The molecule has 6 nitrogen and oxygen atoms in total. The summed E-state index contributed by atoms with van der Waals surface area (Å²) >= 11 is 0. The van der Waals surface area contributed by atoms with E-state index in [1.165, 1.54) is 24.3 Å². The van der Waals surface area contributed by atoms with Crippen molar-refractivity contribution in [1.29, 1.82) is 0 Å². The van der Waals surface area contributed by atoms with E-state index in [0.717, 1.165) is 17.1 Å². The number of piperazine rings is 1. The van der Waals surface area contributed by atoms with Crippen LogP contribution in [-0.2, 0) is 0 Å². The molecule has 1 amide bonds. The molecule has 1 unspecified atom stereocenters. The highest BCUT2D eigenvalue weighted by atomic mass is 19.1. The number of methoxy groups -OCH3 is 1. The normalized spacial score (nSPS) is 17.3. The first-order valence-electron chi connectivity index (χ1n) is 10.9. The van der Waals surface area contributed by atoms with Crippen molar-refractivity contribution in [3.63, 3.8) is 0 Å². The van der Waals surface area contributed by atoms with Crippen LogP contribution in [0.15, 0.2) is 71.7 Å². The third-order valence-corrected chi connectivity index (χ3v) is 6.02. The number of amides is 1. The molecule has 0 aliphatic carbocycles. The van der Waals surface area contributed by atoms with Crippen molar-refractivity contribution in [2.24, 2.45) is 4.99 Å². The van der Waals surface area contributed by atoms with Crippen molar-refractivity contribution >= 4 is 17.4 Å². The molecule has 2 heterocycles. The molecule has 1 saturated heterocycles. The van der Waals surface area contributed by atoms with E-state index in [1.807, 2.05) is 54.3 Å². The van der Waals surface area contributed by atoms with Crippen molar-refractivity contribution < 1.29 is 18.7 Å². The Labute approximate surface area is 191 Å².